The number of carboxylic acids is 1. The van der Waals surface area contributed by atoms with Crippen molar-refractivity contribution in [1.29, 1.82) is 0 Å². The lowest BCUT2D eigenvalue weighted by atomic mass is 10.5. The first-order chi connectivity index (χ1) is 8.84. The second kappa shape index (κ2) is 6.77. The lowest BCUT2D eigenvalue weighted by molar-refractivity contribution is 0.0702. The molecule has 10 heteroatoms. The number of aliphatic hydroxyl groups excluding tert-OH is 2. The highest BCUT2D eigenvalue weighted by molar-refractivity contribution is 9.11. The topological polar surface area (TPSA) is 115 Å². The molecule has 0 fully saturated rings. The van der Waals surface area contributed by atoms with Crippen molar-refractivity contribution in [2.45, 2.75) is 4.90 Å². The molecular formula is C9H12BrNO6S2. The van der Waals surface area contributed by atoms with Crippen molar-refractivity contribution in [1.82, 2.24) is 4.31 Å². The van der Waals surface area contributed by atoms with E-state index in [1.165, 1.54) is 0 Å². The number of halogens is 1. The van der Waals surface area contributed by atoms with Crippen molar-refractivity contribution in [2.75, 3.05) is 26.3 Å². The van der Waals surface area contributed by atoms with Gasteiger partial charge in [0.1, 0.15) is 9.77 Å². The number of sulfonamides is 1. The minimum absolute atomic E-state index is 0.113. The minimum Gasteiger partial charge on any atom is -0.477 e. The van der Waals surface area contributed by atoms with E-state index in [9.17, 15) is 13.2 Å². The Hall–Kier alpha value is -0.520. The third-order valence-corrected chi connectivity index (χ3v) is 6.32. The molecule has 108 valence electrons. The molecule has 0 unspecified atom stereocenters. The van der Waals surface area contributed by atoms with Gasteiger partial charge in [-0.05, 0) is 22.0 Å². The van der Waals surface area contributed by atoms with Crippen LogP contribution in [0.1, 0.15) is 9.67 Å². The molecule has 1 aromatic heterocycles. The summed E-state index contributed by atoms with van der Waals surface area (Å²) in [6.07, 6.45) is 0. The number of hydrogen-bond acceptors (Lipinski definition) is 6. The Bertz CT molecular complexity index is 549. The summed E-state index contributed by atoms with van der Waals surface area (Å²) in [5.74, 6) is -1.22. The predicted molar refractivity (Wildman–Crippen MR) is 71.9 cm³/mol. The van der Waals surface area contributed by atoms with Crippen LogP contribution in [0.3, 0.4) is 0 Å². The Labute approximate surface area is 122 Å². The summed E-state index contributed by atoms with van der Waals surface area (Å²) in [6.45, 7) is -1.14. The van der Waals surface area contributed by atoms with Crippen molar-refractivity contribution in [3.8, 4) is 0 Å². The van der Waals surface area contributed by atoms with Gasteiger partial charge in [-0.2, -0.15) is 4.31 Å². The molecule has 0 aromatic carbocycles. The number of carbonyl (C=O) groups is 1. The zero-order valence-electron chi connectivity index (χ0n) is 9.61. The quantitative estimate of drug-likeness (QED) is 0.628. The SMILES string of the molecule is O=C(O)c1cc(S(=O)(=O)N(CCO)CCO)c(Br)s1. The fourth-order valence-corrected chi connectivity index (χ4v) is 5.12. The molecule has 0 radical (unpaired) electrons. The summed E-state index contributed by atoms with van der Waals surface area (Å²) in [7, 11) is -3.96. The molecule has 0 aliphatic rings. The van der Waals surface area contributed by atoms with Crippen LogP contribution in [-0.2, 0) is 10.0 Å². The largest absolute Gasteiger partial charge is 0.477 e. The molecule has 0 saturated carbocycles. The monoisotopic (exact) mass is 373 g/mol. The first-order valence-corrected chi connectivity index (χ1v) is 8.14. The van der Waals surface area contributed by atoms with Crippen LogP contribution in [0.15, 0.2) is 14.7 Å². The van der Waals surface area contributed by atoms with Crippen molar-refractivity contribution in [3.05, 3.63) is 14.7 Å². The fourth-order valence-electron chi connectivity index (χ4n) is 1.35. The summed E-state index contributed by atoms with van der Waals surface area (Å²) >= 11 is 3.81. The summed E-state index contributed by atoms with van der Waals surface area (Å²) in [5.41, 5.74) is 0. The maximum absolute atomic E-state index is 12.3. The Balaban J connectivity index is 3.20. The summed E-state index contributed by atoms with van der Waals surface area (Å²) in [4.78, 5) is 10.5. The summed E-state index contributed by atoms with van der Waals surface area (Å²) in [5, 5.41) is 26.5. The Morgan fingerprint density at radius 3 is 2.21 bits per heavy atom. The Kier molecular flexibility index (Phi) is 5.89. The number of rotatable bonds is 7. The van der Waals surface area contributed by atoms with E-state index in [0.29, 0.717) is 0 Å². The molecule has 1 rings (SSSR count). The molecule has 3 N–H and O–H groups in total. The van der Waals surface area contributed by atoms with E-state index >= 15 is 0 Å². The van der Waals surface area contributed by atoms with Crippen LogP contribution in [0.4, 0.5) is 0 Å². The first-order valence-electron chi connectivity index (χ1n) is 5.09. The highest BCUT2D eigenvalue weighted by Gasteiger charge is 2.28. The standard InChI is InChI=1S/C9H12BrNO6S2/c10-8-7(5-6(18-8)9(14)15)19(16,17)11(1-3-12)2-4-13/h5,12-13H,1-4H2,(H,14,15). The van der Waals surface area contributed by atoms with Crippen LogP contribution >= 0.6 is 27.3 Å². The first kappa shape index (κ1) is 16.5. The molecule has 0 bridgehead atoms. The van der Waals surface area contributed by atoms with Crippen LogP contribution < -0.4 is 0 Å². The maximum atomic E-state index is 12.3. The van der Waals surface area contributed by atoms with E-state index in [4.69, 9.17) is 15.3 Å². The zero-order chi connectivity index (χ0) is 14.6. The number of hydrogen-bond donors (Lipinski definition) is 3. The van der Waals surface area contributed by atoms with Crippen LogP contribution in [0.2, 0.25) is 0 Å². The molecule has 0 spiro atoms. The van der Waals surface area contributed by atoms with E-state index in [1.807, 2.05) is 0 Å². The number of aromatic carboxylic acids is 1. The van der Waals surface area contributed by atoms with E-state index in [2.05, 4.69) is 15.9 Å². The fraction of sp³-hybridized carbons (Fsp3) is 0.444. The molecule has 0 amide bonds. The molecule has 0 aliphatic carbocycles. The van der Waals surface area contributed by atoms with Gasteiger partial charge in [0.25, 0.3) is 0 Å². The number of aliphatic hydroxyl groups is 2. The van der Waals surface area contributed by atoms with Crippen molar-refractivity contribution in [3.63, 3.8) is 0 Å². The van der Waals surface area contributed by atoms with E-state index in [-0.39, 0.29) is 26.6 Å². The second-order valence-electron chi connectivity index (χ2n) is 3.41. The zero-order valence-corrected chi connectivity index (χ0v) is 12.8. The predicted octanol–water partition coefficient (Wildman–Crippen LogP) is 0.184. The average Bonchev–Trinajstić information content (AvgIpc) is 2.72. The lowest BCUT2D eigenvalue weighted by Gasteiger charge is -2.19. The van der Waals surface area contributed by atoms with Gasteiger partial charge in [0, 0.05) is 13.1 Å². The van der Waals surface area contributed by atoms with E-state index in [0.717, 1.165) is 21.7 Å². The molecule has 0 atom stereocenters. The second-order valence-corrected chi connectivity index (χ2v) is 7.68. The molecule has 0 saturated heterocycles. The van der Waals surface area contributed by atoms with Gasteiger partial charge in [-0.3, -0.25) is 0 Å². The number of nitrogens with zero attached hydrogens (tertiary/aromatic N) is 1. The highest BCUT2D eigenvalue weighted by Crippen LogP contribution is 2.33. The molecule has 19 heavy (non-hydrogen) atoms. The minimum atomic E-state index is -3.96. The van der Waals surface area contributed by atoms with Crippen LogP contribution in [0, 0.1) is 0 Å². The summed E-state index contributed by atoms with van der Waals surface area (Å²) < 4.78 is 25.6. The van der Waals surface area contributed by atoms with Gasteiger partial charge in [-0.1, -0.05) is 0 Å². The van der Waals surface area contributed by atoms with Gasteiger partial charge in [0.05, 0.1) is 17.0 Å². The van der Waals surface area contributed by atoms with Crippen LogP contribution in [0.5, 0.6) is 0 Å². The highest BCUT2D eigenvalue weighted by atomic mass is 79.9. The normalized spacial score (nSPS) is 12.0. The Morgan fingerprint density at radius 1 is 1.32 bits per heavy atom. The summed E-state index contributed by atoms with van der Waals surface area (Å²) in [6, 6.07) is 1.05. The molecule has 1 aromatic rings. The Morgan fingerprint density at radius 2 is 1.84 bits per heavy atom. The van der Waals surface area contributed by atoms with Crippen LogP contribution in [0.25, 0.3) is 0 Å². The van der Waals surface area contributed by atoms with E-state index < -0.39 is 29.2 Å². The third kappa shape index (κ3) is 3.74. The van der Waals surface area contributed by atoms with Gasteiger partial charge in [0.2, 0.25) is 10.0 Å². The molecule has 0 aliphatic heterocycles. The lowest BCUT2D eigenvalue weighted by Crippen LogP contribution is -2.35. The van der Waals surface area contributed by atoms with Gasteiger partial charge in [0.15, 0.2) is 0 Å². The number of thiophene rings is 1. The maximum Gasteiger partial charge on any atom is 0.345 e. The number of carboxylic acid groups (broad SMARTS) is 1. The molecular weight excluding hydrogens is 362 g/mol. The van der Waals surface area contributed by atoms with Gasteiger partial charge in [-0.15, -0.1) is 11.3 Å². The van der Waals surface area contributed by atoms with Gasteiger partial charge < -0.3 is 15.3 Å². The third-order valence-electron chi connectivity index (χ3n) is 2.18. The average molecular weight is 374 g/mol. The van der Waals surface area contributed by atoms with Crippen molar-refractivity contribution in [2.24, 2.45) is 0 Å². The van der Waals surface area contributed by atoms with Crippen molar-refractivity contribution < 1.29 is 28.5 Å². The van der Waals surface area contributed by atoms with Crippen LogP contribution in [-0.4, -0.2) is 60.3 Å². The van der Waals surface area contributed by atoms with Gasteiger partial charge in [-0.25, -0.2) is 13.2 Å². The van der Waals surface area contributed by atoms with Crippen molar-refractivity contribution >= 4 is 43.3 Å². The van der Waals surface area contributed by atoms with Gasteiger partial charge >= 0.3 is 5.97 Å². The molecule has 1 heterocycles. The molecule has 7 nitrogen and oxygen atoms in total. The van der Waals surface area contributed by atoms with E-state index in [1.54, 1.807) is 0 Å². The smallest absolute Gasteiger partial charge is 0.345 e.